The highest BCUT2D eigenvalue weighted by Crippen LogP contribution is 2.27. The summed E-state index contributed by atoms with van der Waals surface area (Å²) in [4.78, 5) is 0. The quantitative estimate of drug-likeness (QED) is 0.396. The molecule has 0 unspecified atom stereocenters. The van der Waals surface area contributed by atoms with Crippen molar-refractivity contribution in [3.05, 3.63) is 0 Å². The topological polar surface area (TPSA) is 0 Å². The Morgan fingerprint density at radius 1 is 0.500 bits per heavy atom. The normalized spacial score (nSPS) is 11.6. The highest BCUT2D eigenvalue weighted by atomic mass is 31.1. The summed E-state index contributed by atoms with van der Waals surface area (Å²) < 4.78 is 0. The van der Waals surface area contributed by atoms with E-state index in [-0.39, 0.29) is 0 Å². The van der Waals surface area contributed by atoms with Crippen LogP contribution in [0.15, 0.2) is 0 Å². The average Bonchev–Trinajstić information content (AvgIpc) is 2.08. The highest BCUT2D eigenvalue weighted by molar-refractivity contribution is 7.56. The van der Waals surface area contributed by atoms with Gasteiger partial charge in [-0.1, -0.05) is 25.7 Å². The summed E-state index contributed by atoms with van der Waals surface area (Å²) in [7, 11) is 0.732. The SMILES string of the molecule is CP(C)CCCCCCCCP(C)C. The zero-order valence-corrected chi connectivity index (χ0v) is 12.3. The monoisotopic (exact) mass is 234 g/mol. The molecule has 0 rings (SSSR count). The Morgan fingerprint density at radius 2 is 0.786 bits per heavy atom. The second-order valence-corrected chi connectivity index (χ2v) is 9.94. The van der Waals surface area contributed by atoms with E-state index >= 15 is 0 Å². The van der Waals surface area contributed by atoms with Gasteiger partial charge in [0.25, 0.3) is 0 Å². The molecule has 0 nitrogen and oxygen atoms in total. The first-order chi connectivity index (χ1) is 6.63. The molecule has 0 saturated carbocycles. The van der Waals surface area contributed by atoms with E-state index in [9.17, 15) is 0 Å². The number of unbranched alkanes of at least 4 members (excludes halogenated alkanes) is 5. The van der Waals surface area contributed by atoms with Gasteiger partial charge in [-0.3, -0.25) is 0 Å². The van der Waals surface area contributed by atoms with Crippen molar-refractivity contribution in [2.24, 2.45) is 0 Å². The zero-order valence-electron chi connectivity index (χ0n) is 10.6. The predicted molar refractivity (Wildman–Crippen MR) is 75.0 cm³/mol. The molecule has 0 saturated heterocycles. The van der Waals surface area contributed by atoms with E-state index in [1.54, 1.807) is 0 Å². The third-order valence-electron chi connectivity index (χ3n) is 2.46. The van der Waals surface area contributed by atoms with E-state index in [2.05, 4.69) is 26.7 Å². The minimum Gasteiger partial charge on any atom is -0.113 e. The molecule has 0 bridgehead atoms. The summed E-state index contributed by atoms with van der Waals surface area (Å²) in [5.41, 5.74) is 0. The Balaban J connectivity index is 2.92. The Kier molecular flexibility index (Phi) is 11.0. The lowest BCUT2D eigenvalue weighted by Crippen LogP contribution is -1.86. The first-order valence-electron chi connectivity index (χ1n) is 5.92. The molecule has 0 aromatic rings. The first-order valence-corrected chi connectivity index (χ1v) is 10.8. The molecule has 14 heavy (non-hydrogen) atoms. The van der Waals surface area contributed by atoms with Gasteiger partial charge < -0.3 is 0 Å². The fourth-order valence-corrected chi connectivity index (χ4v) is 3.28. The molecule has 2 heteroatoms. The number of hydrogen-bond donors (Lipinski definition) is 0. The lowest BCUT2D eigenvalue weighted by Gasteiger charge is -2.06. The van der Waals surface area contributed by atoms with Gasteiger partial charge in [0, 0.05) is 0 Å². The van der Waals surface area contributed by atoms with Gasteiger partial charge in [0.1, 0.15) is 0 Å². The first kappa shape index (κ1) is 14.9. The van der Waals surface area contributed by atoms with Gasteiger partial charge in [-0.2, -0.15) is 0 Å². The van der Waals surface area contributed by atoms with E-state index in [1.807, 2.05) is 0 Å². The van der Waals surface area contributed by atoms with Crippen molar-refractivity contribution >= 4 is 15.8 Å². The molecular formula is C12H28P2. The summed E-state index contributed by atoms with van der Waals surface area (Å²) in [5, 5.41) is 0. The second kappa shape index (κ2) is 10.4. The summed E-state index contributed by atoms with van der Waals surface area (Å²) in [6.07, 6.45) is 11.9. The van der Waals surface area contributed by atoms with Crippen molar-refractivity contribution in [2.75, 3.05) is 39.0 Å². The molecule has 0 radical (unpaired) electrons. The van der Waals surface area contributed by atoms with Crippen LogP contribution in [0.2, 0.25) is 0 Å². The summed E-state index contributed by atoms with van der Waals surface area (Å²) in [6, 6.07) is 0. The maximum Gasteiger partial charge on any atom is -0.0331 e. The van der Waals surface area contributed by atoms with Crippen LogP contribution in [0.5, 0.6) is 0 Å². The maximum atomic E-state index is 2.39. The average molecular weight is 234 g/mol. The van der Waals surface area contributed by atoms with Crippen molar-refractivity contribution in [1.82, 2.24) is 0 Å². The molecule has 0 aliphatic carbocycles. The molecule has 0 N–H and O–H groups in total. The summed E-state index contributed by atoms with van der Waals surface area (Å²) >= 11 is 0. The third-order valence-corrected chi connectivity index (χ3v) is 4.88. The smallest absolute Gasteiger partial charge is 0.0331 e. The lowest BCUT2D eigenvalue weighted by molar-refractivity contribution is 0.628. The lowest BCUT2D eigenvalue weighted by atomic mass is 10.1. The van der Waals surface area contributed by atoms with Crippen LogP contribution < -0.4 is 0 Å². The third kappa shape index (κ3) is 12.9. The molecule has 0 amide bonds. The molecular weight excluding hydrogens is 206 g/mol. The van der Waals surface area contributed by atoms with Gasteiger partial charge in [0.05, 0.1) is 0 Å². The number of hydrogen-bond acceptors (Lipinski definition) is 0. The van der Waals surface area contributed by atoms with Crippen molar-refractivity contribution < 1.29 is 0 Å². The van der Waals surface area contributed by atoms with Gasteiger partial charge in [-0.25, -0.2) is 0 Å². The maximum absolute atomic E-state index is 2.39. The molecule has 0 spiro atoms. The fraction of sp³-hybridized carbons (Fsp3) is 1.00. The van der Waals surface area contributed by atoms with Gasteiger partial charge in [-0.15, -0.1) is 15.8 Å². The Morgan fingerprint density at radius 3 is 1.07 bits per heavy atom. The molecule has 0 fully saturated rings. The van der Waals surface area contributed by atoms with Crippen LogP contribution in [0.1, 0.15) is 38.5 Å². The fourth-order valence-electron chi connectivity index (χ4n) is 1.56. The van der Waals surface area contributed by atoms with Crippen LogP contribution in [0.4, 0.5) is 0 Å². The minimum atomic E-state index is 0.366. The molecule has 0 aliphatic rings. The largest absolute Gasteiger partial charge is 0.113 e. The molecule has 86 valence electrons. The van der Waals surface area contributed by atoms with E-state index in [0.717, 1.165) is 0 Å². The number of rotatable bonds is 9. The van der Waals surface area contributed by atoms with Crippen molar-refractivity contribution in [2.45, 2.75) is 38.5 Å². The minimum absolute atomic E-state index is 0.366. The van der Waals surface area contributed by atoms with Crippen LogP contribution in [-0.2, 0) is 0 Å². The van der Waals surface area contributed by atoms with Crippen LogP contribution in [0, 0.1) is 0 Å². The van der Waals surface area contributed by atoms with Gasteiger partial charge >= 0.3 is 0 Å². The van der Waals surface area contributed by atoms with Gasteiger partial charge in [0.2, 0.25) is 0 Å². The molecule has 0 aliphatic heterocycles. The van der Waals surface area contributed by atoms with Crippen LogP contribution >= 0.6 is 15.8 Å². The van der Waals surface area contributed by atoms with Crippen molar-refractivity contribution in [1.29, 1.82) is 0 Å². The summed E-state index contributed by atoms with van der Waals surface area (Å²) in [6.45, 7) is 9.56. The molecule has 0 heterocycles. The summed E-state index contributed by atoms with van der Waals surface area (Å²) in [5.74, 6) is 0. The van der Waals surface area contributed by atoms with E-state index in [4.69, 9.17) is 0 Å². The Bertz CT molecular complexity index is 96.9. The molecule has 0 atom stereocenters. The Labute approximate surface area is 93.8 Å². The van der Waals surface area contributed by atoms with Crippen LogP contribution in [0.3, 0.4) is 0 Å². The van der Waals surface area contributed by atoms with Crippen LogP contribution in [0.25, 0.3) is 0 Å². The molecule has 0 aromatic carbocycles. The van der Waals surface area contributed by atoms with Crippen molar-refractivity contribution in [3.63, 3.8) is 0 Å². The van der Waals surface area contributed by atoms with Crippen LogP contribution in [-0.4, -0.2) is 39.0 Å². The van der Waals surface area contributed by atoms with Gasteiger partial charge in [-0.05, 0) is 51.8 Å². The second-order valence-electron chi connectivity index (χ2n) is 4.73. The van der Waals surface area contributed by atoms with E-state index < -0.39 is 0 Å². The Hall–Kier alpha value is 0.860. The molecule has 0 aromatic heterocycles. The standard InChI is InChI=1S/C12H28P2/c1-13(2)11-9-7-5-6-8-10-12-14(3)4/h5-12H2,1-4H3. The predicted octanol–water partition coefficient (Wildman–Crippen LogP) is 4.81. The van der Waals surface area contributed by atoms with Crippen molar-refractivity contribution in [3.8, 4) is 0 Å². The highest BCUT2D eigenvalue weighted by Gasteiger charge is 1.95. The van der Waals surface area contributed by atoms with E-state index in [0.29, 0.717) is 15.8 Å². The van der Waals surface area contributed by atoms with E-state index in [1.165, 1.54) is 50.8 Å². The van der Waals surface area contributed by atoms with Gasteiger partial charge in [0.15, 0.2) is 0 Å². The zero-order chi connectivity index (χ0) is 10.8.